The Bertz CT molecular complexity index is 883. The van der Waals surface area contributed by atoms with Gasteiger partial charge in [0.05, 0.1) is 0 Å². The summed E-state index contributed by atoms with van der Waals surface area (Å²) in [4.78, 5) is 35.8. The maximum atomic E-state index is 12.1. The van der Waals surface area contributed by atoms with E-state index < -0.39 is 11.9 Å². The molecule has 0 aliphatic heterocycles. The van der Waals surface area contributed by atoms with Gasteiger partial charge in [-0.3, -0.25) is 14.4 Å². The Hall–Kier alpha value is -2.86. The van der Waals surface area contributed by atoms with E-state index in [0.29, 0.717) is 17.1 Å². The number of amides is 2. The second-order valence-electron chi connectivity index (χ2n) is 6.58. The fourth-order valence-corrected chi connectivity index (χ4v) is 2.86. The molecule has 0 saturated carbocycles. The minimum atomic E-state index is -0.523. The molecule has 2 aromatic rings. The summed E-state index contributed by atoms with van der Waals surface area (Å²) in [5, 5.41) is 6.01. The molecule has 0 saturated heterocycles. The molecule has 0 fully saturated rings. The number of benzene rings is 2. The first-order valence-electron chi connectivity index (χ1n) is 9.48. The van der Waals surface area contributed by atoms with E-state index in [-0.39, 0.29) is 25.4 Å². The van der Waals surface area contributed by atoms with Crippen molar-refractivity contribution in [3.05, 3.63) is 58.6 Å². The Kier molecular flexibility index (Phi) is 8.68. The maximum absolute atomic E-state index is 12.1. The van der Waals surface area contributed by atoms with E-state index in [0.717, 1.165) is 23.2 Å². The Morgan fingerprint density at radius 1 is 0.966 bits per heavy atom. The van der Waals surface area contributed by atoms with Crippen LogP contribution in [0.1, 0.15) is 37.3 Å². The number of nitrogens with one attached hydrogen (secondary N) is 2. The maximum Gasteiger partial charge on any atom is 0.306 e. The molecule has 0 radical (unpaired) electrons. The largest absolute Gasteiger partial charge is 0.456 e. The number of hydrogen-bond acceptors (Lipinski definition) is 4. The Labute approximate surface area is 175 Å². The second kappa shape index (κ2) is 11.2. The van der Waals surface area contributed by atoms with Gasteiger partial charge in [0.15, 0.2) is 6.61 Å². The quantitative estimate of drug-likeness (QED) is 0.589. The highest BCUT2D eigenvalue weighted by molar-refractivity contribution is 6.31. The zero-order valence-electron chi connectivity index (χ0n) is 16.6. The molecule has 2 N–H and O–H groups in total. The smallest absolute Gasteiger partial charge is 0.306 e. The van der Waals surface area contributed by atoms with E-state index >= 15 is 0 Å². The number of ether oxygens (including phenoxy) is 1. The highest BCUT2D eigenvalue weighted by atomic mass is 35.5. The normalized spacial score (nSPS) is 10.3. The molecular formula is C22H25ClN2O4. The summed E-state index contributed by atoms with van der Waals surface area (Å²) in [6, 6.07) is 12.7. The standard InChI is InChI=1S/C22H25ClN2O4/c1-3-16-7-4-5-8-18(16)24-20(26)9-6-10-22(28)29-14-21(27)25-19-13-17(23)12-11-15(19)2/h4-5,7-8,11-13H,3,6,9-10,14H2,1-2H3,(H,24,26)(H,25,27). The monoisotopic (exact) mass is 416 g/mol. The van der Waals surface area contributed by atoms with Crippen molar-refractivity contribution in [1.82, 2.24) is 0 Å². The topological polar surface area (TPSA) is 84.5 Å². The molecule has 2 rings (SSSR count). The molecule has 0 aromatic heterocycles. The summed E-state index contributed by atoms with van der Waals surface area (Å²) < 4.78 is 4.97. The van der Waals surface area contributed by atoms with Crippen LogP contribution in [-0.4, -0.2) is 24.4 Å². The number of hydrogen-bond donors (Lipinski definition) is 2. The van der Waals surface area contributed by atoms with Crippen molar-refractivity contribution in [2.75, 3.05) is 17.2 Å². The molecule has 0 bridgehead atoms. The first-order valence-corrected chi connectivity index (χ1v) is 9.86. The number of carbonyl (C=O) groups is 3. The Morgan fingerprint density at radius 3 is 2.45 bits per heavy atom. The van der Waals surface area contributed by atoms with E-state index in [1.807, 2.05) is 38.1 Å². The van der Waals surface area contributed by atoms with Gasteiger partial charge in [-0.05, 0) is 49.1 Å². The summed E-state index contributed by atoms with van der Waals surface area (Å²) in [6.07, 6.45) is 1.42. The lowest BCUT2D eigenvalue weighted by molar-refractivity contribution is -0.147. The van der Waals surface area contributed by atoms with Crippen LogP contribution in [0.5, 0.6) is 0 Å². The van der Waals surface area contributed by atoms with E-state index in [1.165, 1.54) is 0 Å². The average molecular weight is 417 g/mol. The third-order valence-corrected chi connectivity index (χ3v) is 4.53. The summed E-state index contributed by atoms with van der Waals surface area (Å²) in [7, 11) is 0. The molecule has 154 valence electrons. The number of halogens is 1. The van der Waals surface area contributed by atoms with Gasteiger partial charge < -0.3 is 15.4 Å². The number of anilines is 2. The van der Waals surface area contributed by atoms with Crippen molar-refractivity contribution in [2.45, 2.75) is 39.5 Å². The fourth-order valence-electron chi connectivity index (χ4n) is 2.69. The fraction of sp³-hybridized carbons (Fsp3) is 0.318. The van der Waals surface area contributed by atoms with Gasteiger partial charge in [-0.2, -0.15) is 0 Å². The highest BCUT2D eigenvalue weighted by Crippen LogP contribution is 2.20. The third kappa shape index (κ3) is 7.58. The number of aryl methyl sites for hydroxylation is 2. The Balaban J connectivity index is 1.68. The van der Waals surface area contributed by atoms with Crippen LogP contribution in [0.4, 0.5) is 11.4 Å². The Morgan fingerprint density at radius 2 is 1.69 bits per heavy atom. The molecule has 0 heterocycles. The van der Waals surface area contributed by atoms with Crippen LogP contribution < -0.4 is 10.6 Å². The summed E-state index contributed by atoms with van der Waals surface area (Å²) in [5.41, 5.74) is 3.27. The second-order valence-corrected chi connectivity index (χ2v) is 7.02. The van der Waals surface area contributed by atoms with E-state index in [4.69, 9.17) is 16.3 Å². The van der Waals surface area contributed by atoms with Gasteiger partial charge in [0.2, 0.25) is 5.91 Å². The molecule has 0 aliphatic carbocycles. The van der Waals surface area contributed by atoms with Gasteiger partial charge in [-0.15, -0.1) is 0 Å². The van der Waals surface area contributed by atoms with Crippen LogP contribution in [0.2, 0.25) is 5.02 Å². The molecule has 0 aliphatic rings. The van der Waals surface area contributed by atoms with Crippen molar-refractivity contribution in [2.24, 2.45) is 0 Å². The van der Waals surface area contributed by atoms with Crippen LogP contribution in [-0.2, 0) is 25.5 Å². The molecule has 6 nitrogen and oxygen atoms in total. The predicted molar refractivity (Wildman–Crippen MR) is 114 cm³/mol. The molecule has 0 unspecified atom stereocenters. The van der Waals surface area contributed by atoms with Gasteiger partial charge in [0, 0.05) is 29.2 Å². The number of esters is 1. The first kappa shape index (κ1) is 22.4. The zero-order valence-corrected chi connectivity index (χ0v) is 17.3. The van der Waals surface area contributed by atoms with Crippen molar-refractivity contribution < 1.29 is 19.1 Å². The van der Waals surface area contributed by atoms with Gasteiger partial charge in [0.1, 0.15) is 0 Å². The molecule has 0 spiro atoms. The predicted octanol–water partition coefficient (Wildman–Crippen LogP) is 4.50. The number of carbonyl (C=O) groups excluding carboxylic acids is 3. The lowest BCUT2D eigenvalue weighted by Gasteiger charge is -2.10. The van der Waals surface area contributed by atoms with Gasteiger partial charge in [-0.1, -0.05) is 42.8 Å². The molecule has 2 aromatic carbocycles. The van der Waals surface area contributed by atoms with Crippen LogP contribution >= 0.6 is 11.6 Å². The van der Waals surface area contributed by atoms with Gasteiger partial charge in [0.25, 0.3) is 5.91 Å². The third-order valence-electron chi connectivity index (χ3n) is 4.30. The lowest BCUT2D eigenvalue weighted by Crippen LogP contribution is -2.21. The molecule has 29 heavy (non-hydrogen) atoms. The zero-order chi connectivity index (χ0) is 21.2. The molecule has 0 atom stereocenters. The van der Waals surface area contributed by atoms with E-state index in [2.05, 4.69) is 10.6 Å². The summed E-state index contributed by atoms with van der Waals surface area (Å²) >= 11 is 5.91. The number of para-hydroxylation sites is 1. The van der Waals surface area contributed by atoms with Crippen molar-refractivity contribution in [1.29, 1.82) is 0 Å². The van der Waals surface area contributed by atoms with Crippen LogP contribution in [0.15, 0.2) is 42.5 Å². The van der Waals surface area contributed by atoms with Crippen molar-refractivity contribution in [3.63, 3.8) is 0 Å². The molecular weight excluding hydrogens is 392 g/mol. The molecule has 7 heteroatoms. The van der Waals surface area contributed by atoms with Crippen molar-refractivity contribution >= 4 is 40.8 Å². The summed E-state index contributed by atoms with van der Waals surface area (Å²) in [5.74, 6) is -1.13. The minimum absolute atomic E-state index is 0.0618. The van der Waals surface area contributed by atoms with Crippen LogP contribution in [0, 0.1) is 6.92 Å². The van der Waals surface area contributed by atoms with Gasteiger partial charge >= 0.3 is 5.97 Å². The van der Waals surface area contributed by atoms with Crippen molar-refractivity contribution in [3.8, 4) is 0 Å². The minimum Gasteiger partial charge on any atom is -0.456 e. The average Bonchev–Trinajstić information content (AvgIpc) is 2.69. The SMILES string of the molecule is CCc1ccccc1NC(=O)CCCC(=O)OCC(=O)Nc1cc(Cl)ccc1C. The lowest BCUT2D eigenvalue weighted by atomic mass is 10.1. The summed E-state index contributed by atoms with van der Waals surface area (Å²) in [6.45, 7) is 3.47. The van der Waals surface area contributed by atoms with Crippen LogP contribution in [0.3, 0.4) is 0 Å². The van der Waals surface area contributed by atoms with Crippen LogP contribution in [0.25, 0.3) is 0 Å². The van der Waals surface area contributed by atoms with Gasteiger partial charge in [-0.25, -0.2) is 0 Å². The highest BCUT2D eigenvalue weighted by Gasteiger charge is 2.11. The first-order chi connectivity index (χ1) is 13.9. The van der Waals surface area contributed by atoms with E-state index in [9.17, 15) is 14.4 Å². The molecule has 2 amide bonds. The number of rotatable bonds is 9. The van der Waals surface area contributed by atoms with E-state index in [1.54, 1.807) is 18.2 Å².